The first-order chi connectivity index (χ1) is 14.1. The molecule has 0 aliphatic heterocycles. The van der Waals surface area contributed by atoms with E-state index in [1.807, 2.05) is 24.3 Å². The molecule has 4 rings (SSSR count). The minimum Gasteiger partial charge on any atom is -0.448 e. The summed E-state index contributed by atoms with van der Waals surface area (Å²) in [6.07, 6.45) is 1.35. The molecule has 2 aromatic heterocycles. The average Bonchev–Trinajstić information content (AvgIpc) is 3.34. The summed E-state index contributed by atoms with van der Waals surface area (Å²) in [5.41, 5.74) is 4.09. The van der Waals surface area contributed by atoms with Gasteiger partial charge in [-0.1, -0.05) is 18.2 Å². The molecule has 0 atom stereocenters. The Labute approximate surface area is 168 Å². The molecule has 0 spiro atoms. The number of furan rings is 1. The predicted molar refractivity (Wildman–Crippen MR) is 107 cm³/mol. The van der Waals surface area contributed by atoms with Gasteiger partial charge in [-0.3, -0.25) is 14.9 Å². The van der Waals surface area contributed by atoms with Gasteiger partial charge < -0.3 is 9.40 Å². The van der Waals surface area contributed by atoms with Crippen LogP contribution in [0.25, 0.3) is 11.0 Å². The number of nitro benzene ring substituents is 1. The lowest BCUT2D eigenvalue weighted by Crippen LogP contribution is -2.17. The van der Waals surface area contributed by atoms with Crippen LogP contribution in [0.2, 0.25) is 0 Å². The van der Waals surface area contributed by atoms with Crippen LogP contribution in [0, 0.1) is 10.1 Å². The van der Waals surface area contributed by atoms with Crippen molar-refractivity contribution in [2.75, 3.05) is 0 Å². The lowest BCUT2D eigenvalue weighted by Gasteiger charge is -1.99. The van der Waals surface area contributed by atoms with Crippen LogP contribution >= 0.6 is 11.8 Å². The minimum atomic E-state index is -0.565. The first kappa shape index (κ1) is 18.4. The lowest BCUT2D eigenvalue weighted by atomic mass is 10.2. The molecule has 0 radical (unpaired) electrons. The number of para-hydroxylation sites is 2. The third-order valence-corrected chi connectivity index (χ3v) is 4.65. The van der Waals surface area contributed by atoms with E-state index in [0.717, 1.165) is 11.0 Å². The lowest BCUT2D eigenvalue weighted by molar-refractivity contribution is -0.384. The Morgan fingerprint density at radius 1 is 1.21 bits per heavy atom. The molecule has 4 aromatic rings. The van der Waals surface area contributed by atoms with Gasteiger partial charge in [-0.2, -0.15) is 5.10 Å². The molecule has 0 bridgehead atoms. The van der Waals surface area contributed by atoms with E-state index in [1.54, 1.807) is 12.1 Å². The number of nitro groups is 1. The summed E-state index contributed by atoms with van der Waals surface area (Å²) in [6.45, 7) is 0. The number of hydrogen-bond donors (Lipinski definition) is 2. The van der Waals surface area contributed by atoms with Gasteiger partial charge in [0.15, 0.2) is 10.2 Å². The van der Waals surface area contributed by atoms with Crippen molar-refractivity contribution in [3.63, 3.8) is 0 Å². The second kappa shape index (κ2) is 7.98. The van der Waals surface area contributed by atoms with Crippen LogP contribution in [-0.2, 0) is 0 Å². The fourth-order valence-corrected chi connectivity index (χ4v) is 3.28. The maximum Gasteiger partial charge on any atom is 0.271 e. The molecule has 2 N–H and O–H groups in total. The number of carbonyl (C=O) groups is 1. The number of rotatable bonds is 6. The van der Waals surface area contributed by atoms with Gasteiger partial charge in [-0.25, -0.2) is 10.4 Å². The van der Waals surface area contributed by atoms with Crippen LogP contribution in [0.15, 0.2) is 80.4 Å². The minimum absolute atomic E-state index is 0.136. The highest BCUT2D eigenvalue weighted by atomic mass is 32.2. The predicted octanol–water partition coefficient (Wildman–Crippen LogP) is 3.98. The van der Waals surface area contributed by atoms with Gasteiger partial charge in [0.1, 0.15) is 5.76 Å². The van der Waals surface area contributed by atoms with Crippen LogP contribution in [0.3, 0.4) is 0 Å². The zero-order valence-corrected chi connectivity index (χ0v) is 15.6. The van der Waals surface area contributed by atoms with E-state index in [2.05, 4.69) is 20.5 Å². The van der Waals surface area contributed by atoms with E-state index in [9.17, 15) is 14.9 Å². The number of fused-ring (bicyclic) bond motifs is 1. The number of carbonyl (C=O) groups excluding carboxylic acids is 1. The summed E-state index contributed by atoms with van der Waals surface area (Å²) >= 11 is 1.33. The monoisotopic (exact) mass is 407 g/mol. The number of hydrogen-bond acceptors (Lipinski definition) is 7. The van der Waals surface area contributed by atoms with Gasteiger partial charge >= 0.3 is 0 Å². The van der Waals surface area contributed by atoms with E-state index in [-0.39, 0.29) is 11.3 Å². The highest BCUT2D eigenvalue weighted by Crippen LogP contribution is 2.28. The van der Waals surface area contributed by atoms with Gasteiger partial charge in [0.25, 0.3) is 11.6 Å². The molecular weight excluding hydrogens is 394 g/mol. The summed E-state index contributed by atoms with van der Waals surface area (Å²) in [5.74, 6) is -0.128. The second-order valence-corrected chi connectivity index (χ2v) is 6.82. The molecule has 0 unspecified atom stereocenters. The number of nitrogens with zero attached hydrogens (tertiary/aromatic N) is 3. The molecule has 9 nitrogen and oxygen atoms in total. The van der Waals surface area contributed by atoms with Crippen molar-refractivity contribution in [2.24, 2.45) is 5.10 Å². The first-order valence-electron chi connectivity index (χ1n) is 8.39. The van der Waals surface area contributed by atoms with Crippen molar-refractivity contribution in [1.82, 2.24) is 15.4 Å². The smallest absolute Gasteiger partial charge is 0.271 e. The maximum atomic E-state index is 12.0. The second-order valence-electron chi connectivity index (χ2n) is 5.82. The van der Waals surface area contributed by atoms with Crippen LogP contribution in [0.1, 0.15) is 16.1 Å². The molecule has 0 saturated heterocycles. The molecule has 0 fully saturated rings. The van der Waals surface area contributed by atoms with Gasteiger partial charge in [0.2, 0.25) is 0 Å². The molecule has 2 aromatic carbocycles. The Bertz CT molecular complexity index is 1200. The van der Waals surface area contributed by atoms with Crippen LogP contribution in [-0.4, -0.2) is 27.0 Å². The fraction of sp³-hybridized carbons (Fsp3) is 0. The number of aromatic nitrogens is 2. The van der Waals surface area contributed by atoms with Crippen molar-refractivity contribution in [3.8, 4) is 0 Å². The average molecular weight is 407 g/mol. The normalized spacial score (nSPS) is 11.2. The van der Waals surface area contributed by atoms with Crippen molar-refractivity contribution < 1.29 is 14.1 Å². The molecule has 0 saturated carbocycles. The Morgan fingerprint density at radius 2 is 2.07 bits per heavy atom. The Balaban J connectivity index is 1.38. The number of non-ortho nitro benzene ring substituents is 1. The Morgan fingerprint density at radius 3 is 2.90 bits per heavy atom. The zero-order chi connectivity index (χ0) is 20.2. The van der Waals surface area contributed by atoms with Crippen molar-refractivity contribution in [1.29, 1.82) is 0 Å². The molecule has 29 heavy (non-hydrogen) atoms. The quantitative estimate of drug-likeness (QED) is 0.283. The van der Waals surface area contributed by atoms with Gasteiger partial charge in [0, 0.05) is 17.7 Å². The standard InChI is InChI=1S/C19H13N5O4S/c25-18(12-4-3-5-13(10-12)24(26)27)23-20-11-14-8-9-17(28-14)29-19-21-15-6-1-2-7-16(15)22-19/h1-11H,(H,21,22)(H,23,25)/b20-11-. The van der Waals surface area contributed by atoms with Gasteiger partial charge in [-0.15, -0.1) is 0 Å². The van der Waals surface area contributed by atoms with E-state index in [0.29, 0.717) is 16.0 Å². The summed E-state index contributed by atoms with van der Waals surface area (Å²) in [6, 6.07) is 16.6. The first-order valence-corrected chi connectivity index (χ1v) is 9.20. The van der Waals surface area contributed by atoms with Gasteiger partial charge in [-0.05, 0) is 42.1 Å². The molecule has 10 heteroatoms. The van der Waals surface area contributed by atoms with Crippen LogP contribution < -0.4 is 5.43 Å². The van der Waals surface area contributed by atoms with E-state index >= 15 is 0 Å². The zero-order valence-electron chi connectivity index (χ0n) is 14.7. The summed E-state index contributed by atoms with van der Waals surface area (Å²) in [5, 5.41) is 15.9. The SMILES string of the molecule is O=C(N/N=C\c1ccc(Sc2nc3ccccc3[nH]2)o1)c1cccc([N+](=O)[O-])c1. The largest absolute Gasteiger partial charge is 0.448 e. The van der Waals surface area contributed by atoms with Gasteiger partial charge in [0.05, 0.1) is 22.2 Å². The Hall–Kier alpha value is -3.92. The number of imidazole rings is 1. The third-order valence-electron chi connectivity index (χ3n) is 3.84. The number of nitrogens with one attached hydrogen (secondary N) is 2. The molecule has 0 aliphatic carbocycles. The third kappa shape index (κ3) is 4.33. The Kier molecular flexibility index (Phi) is 5.08. The number of H-pyrrole nitrogens is 1. The summed E-state index contributed by atoms with van der Waals surface area (Å²) in [7, 11) is 0. The number of aromatic amines is 1. The van der Waals surface area contributed by atoms with Crippen LogP contribution in [0.5, 0.6) is 0 Å². The van der Waals surface area contributed by atoms with E-state index in [1.165, 1.54) is 42.2 Å². The van der Waals surface area contributed by atoms with Crippen molar-refractivity contribution in [3.05, 3.63) is 82.1 Å². The van der Waals surface area contributed by atoms with Crippen molar-refractivity contribution in [2.45, 2.75) is 10.2 Å². The number of hydrazone groups is 1. The van der Waals surface area contributed by atoms with E-state index in [4.69, 9.17) is 4.42 Å². The fourth-order valence-electron chi connectivity index (χ4n) is 2.51. The molecular formula is C19H13N5O4S. The number of benzene rings is 2. The number of amides is 1. The molecule has 1 amide bonds. The van der Waals surface area contributed by atoms with Crippen LogP contribution in [0.4, 0.5) is 5.69 Å². The van der Waals surface area contributed by atoms with Crippen molar-refractivity contribution >= 4 is 40.6 Å². The summed E-state index contributed by atoms with van der Waals surface area (Å²) in [4.78, 5) is 29.9. The molecule has 2 heterocycles. The highest BCUT2D eigenvalue weighted by molar-refractivity contribution is 7.99. The van der Waals surface area contributed by atoms with E-state index < -0.39 is 10.8 Å². The molecule has 0 aliphatic rings. The topological polar surface area (TPSA) is 126 Å². The molecule has 144 valence electrons. The maximum absolute atomic E-state index is 12.0. The highest BCUT2D eigenvalue weighted by Gasteiger charge is 2.11. The summed E-state index contributed by atoms with van der Waals surface area (Å²) < 4.78 is 5.63.